The van der Waals surface area contributed by atoms with Crippen molar-refractivity contribution in [2.75, 3.05) is 33.4 Å². The maximum atomic E-state index is 12.4. The van der Waals surface area contributed by atoms with E-state index in [1.807, 2.05) is 0 Å². The molecule has 2 amide bonds. The van der Waals surface area contributed by atoms with Crippen molar-refractivity contribution < 1.29 is 32.6 Å². The average molecular weight is 298 g/mol. The van der Waals surface area contributed by atoms with Crippen molar-refractivity contribution in [3.05, 3.63) is 0 Å². The molecule has 0 bridgehead atoms. The quantitative estimate of drug-likeness (QED) is 0.841. The minimum atomic E-state index is -4.50. The predicted octanol–water partition coefficient (Wildman–Crippen LogP) is 1.02. The number of aliphatic carboxylic acids is 1. The summed E-state index contributed by atoms with van der Waals surface area (Å²) in [5.74, 6) is -2.06. The third-order valence-corrected chi connectivity index (χ3v) is 3.19. The van der Waals surface area contributed by atoms with E-state index in [-0.39, 0.29) is 19.8 Å². The summed E-state index contributed by atoms with van der Waals surface area (Å²) in [5.41, 5.74) is 0. The number of rotatable bonds is 4. The minimum absolute atomic E-state index is 0.00276. The van der Waals surface area contributed by atoms with E-state index in [4.69, 9.17) is 9.84 Å². The molecule has 9 heteroatoms. The zero-order valence-corrected chi connectivity index (χ0v) is 11.2. The first kappa shape index (κ1) is 16.5. The summed E-state index contributed by atoms with van der Waals surface area (Å²) >= 11 is 0. The molecular formula is C11H17F3N2O4. The van der Waals surface area contributed by atoms with Gasteiger partial charge in [-0.15, -0.1) is 0 Å². The first-order chi connectivity index (χ1) is 9.17. The number of amides is 2. The van der Waals surface area contributed by atoms with Gasteiger partial charge < -0.3 is 19.6 Å². The largest absolute Gasteiger partial charge is 0.481 e. The van der Waals surface area contributed by atoms with Gasteiger partial charge in [0.05, 0.1) is 19.3 Å². The van der Waals surface area contributed by atoms with Gasteiger partial charge in [0.15, 0.2) is 0 Å². The Morgan fingerprint density at radius 3 is 2.40 bits per heavy atom. The van der Waals surface area contributed by atoms with Crippen molar-refractivity contribution in [2.45, 2.75) is 19.1 Å². The second-order valence-electron chi connectivity index (χ2n) is 4.57. The van der Waals surface area contributed by atoms with E-state index < -0.39 is 36.7 Å². The first-order valence-electron chi connectivity index (χ1n) is 6.06. The summed E-state index contributed by atoms with van der Waals surface area (Å²) in [7, 11) is 1.29. The van der Waals surface area contributed by atoms with Crippen molar-refractivity contribution >= 4 is 12.0 Å². The second kappa shape index (κ2) is 6.29. The fraction of sp³-hybridized carbons (Fsp3) is 0.818. The molecule has 1 aliphatic heterocycles. The van der Waals surface area contributed by atoms with E-state index in [1.165, 1.54) is 14.0 Å². The topological polar surface area (TPSA) is 70.1 Å². The van der Waals surface area contributed by atoms with Crippen LogP contribution in [0.4, 0.5) is 18.0 Å². The first-order valence-corrected chi connectivity index (χ1v) is 6.06. The Kier molecular flexibility index (Phi) is 5.21. The van der Waals surface area contributed by atoms with Gasteiger partial charge in [-0.05, 0) is 6.92 Å². The van der Waals surface area contributed by atoms with Crippen LogP contribution in [0, 0.1) is 5.92 Å². The van der Waals surface area contributed by atoms with Crippen LogP contribution in [0.1, 0.15) is 6.92 Å². The van der Waals surface area contributed by atoms with Crippen LogP contribution >= 0.6 is 0 Å². The summed E-state index contributed by atoms with van der Waals surface area (Å²) in [5, 5.41) is 8.99. The van der Waals surface area contributed by atoms with Gasteiger partial charge in [-0.25, -0.2) is 4.79 Å². The zero-order chi connectivity index (χ0) is 15.5. The van der Waals surface area contributed by atoms with E-state index in [0.29, 0.717) is 4.90 Å². The van der Waals surface area contributed by atoms with E-state index in [2.05, 4.69) is 0 Å². The molecule has 0 spiro atoms. The van der Waals surface area contributed by atoms with Crippen molar-refractivity contribution in [1.82, 2.24) is 9.80 Å². The number of ether oxygens (including phenoxy) is 1. The lowest BCUT2D eigenvalue weighted by Crippen LogP contribution is -2.51. The number of halogens is 3. The molecule has 1 N–H and O–H groups in total. The van der Waals surface area contributed by atoms with Gasteiger partial charge in [-0.1, -0.05) is 0 Å². The number of hydrogen-bond acceptors (Lipinski definition) is 3. The molecule has 1 fully saturated rings. The molecule has 0 aromatic heterocycles. The van der Waals surface area contributed by atoms with E-state index in [9.17, 15) is 22.8 Å². The van der Waals surface area contributed by atoms with Crippen LogP contribution < -0.4 is 0 Å². The lowest BCUT2D eigenvalue weighted by molar-refractivity contribution is -0.144. The highest BCUT2D eigenvalue weighted by Crippen LogP contribution is 2.22. The summed E-state index contributed by atoms with van der Waals surface area (Å²) in [6, 6.07) is -1.62. The van der Waals surface area contributed by atoms with Gasteiger partial charge in [0.1, 0.15) is 12.5 Å². The molecular weight excluding hydrogens is 281 g/mol. The predicted molar refractivity (Wildman–Crippen MR) is 62.2 cm³/mol. The molecule has 1 saturated heterocycles. The van der Waals surface area contributed by atoms with Gasteiger partial charge in [-0.3, -0.25) is 4.79 Å². The third kappa shape index (κ3) is 3.99. The number of urea groups is 1. The van der Waals surface area contributed by atoms with Crippen LogP contribution in [0.5, 0.6) is 0 Å². The Morgan fingerprint density at radius 2 is 1.95 bits per heavy atom. The SMILES string of the molecule is CCN(CC(F)(F)F)C(=O)N(C)C1COCC1C(=O)O. The van der Waals surface area contributed by atoms with E-state index in [1.54, 1.807) is 0 Å². The maximum absolute atomic E-state index is 12.4. The standard InChI is InChI=1S/C11H17F3N2O4/c1-3-16(6-11(12,13)14)10(19)15(2)8-5-20-4-7(8)9(17)18/h7-8H,3-6H2,1-2H3,(H,17,18). The van der Waals surface area contributed by atoms with Crippen molar-refractivity contribution in [1.29, 1.82) is 0 Å². The normalized spacial score (nSPS) is 22.6. The van der Waals surface area contributed by atoms with Gasteiger partial charge >= 0.3 is 18.2 Å². The van der Waals surface area contributed by atoms with Crippen LogP contribution in [-0.4, -0.2) is 72.5 Å². The van der Waals surface area contributed by atoms with Gasteiger partial charge in [0.2, 0.25) is 0 Å². The Hall–Kier alpha value is -1.51. The smallest absolute Gasteiger partial charge is 0.406 e. The van der Waals surface area contributed by atoms with Crippen LogP contribution in [-0.2, 0) is 9.53 Å². The van der Waals surface area contributed by atoms with Gasteiger partial charge in [-0.2, -0.15) is 13.2 Å². The molecule has 1 rings (SSSR count). The van der Waals surface area contributed by atoms with Crippen LogP contribution in [0.3, 0.4) is 0 Å². The van der Waals surface area contributed by atoms with Crippen molar-refractivity contribution in [3.63, 3.8) is 0 Å². The fourth-order valence-electron chi connectivity index (χ4n) is 2.06. The molecule has 116 valence electrons. The molecule has 0 radical (unpaired) electrons. The lowest BCUT2D eigenvalue weighted by atomic mass is 10.0. The minimum Gasteiger partial charge on any atom is -0.481 e. The zero-order valence-electron chi connectivity index (χ0n) is 11.2. The van der Waals surface area contributed by atoms with Gasteiger partial charge in [0, 0.05) is 13.6 Å². The Bertz CT molecular complexity index is 375. The van der Waals surface area contributed by atoms with Crippen LogP contribution in [0.15, 0.2) is 0 Å². The van der Waals surface area contributed by atoms with Crippen LogP contribution in [0.25, 0.3) is 0 Å². The maximum Gasteiger partial charge on any atom is 0.406 e. The Balaban J connectivity index is 2.76. The number of carboxylic acids is 1. The molecule has 6 nitrogen and oxygen atoms in total. The highest BCUT2D eigenvalue weighted by Gasteiger charge is 2.41. The monoisotopic (exact) mass is 298 g/mol. The Labute approximate surface area is 114 Å². The highest BCUT2D eigenvalue weighted by molar-refractivity contribution is 5.77. The number of alkyl halides is 3. The fourth-order valence-corrected chi connectivity index (χ4v) is 2.06. The molecule has 1 heterocycles. The summed E-state index contributed by atoms with van der Waals surface area (Å²) in [6.45, 7) is -0.102. The van der Waals surface area contributed by atoms with E-state index >= 15 is 0 Å². The number of carboxylic acid groups (broad SMARTS) is 1. The molecule has 2 unspecified atom stereocenters. The summed E-state index contributed by atoms with van der Waals surface area (Å²) in [6.07, 6.45) is -4.50. The lowest BCUT2D eigenvalue weighted by Gasteiger charge is -2.32. The Morgan fingerprint density at radius 1 is 1.35 bits per heavy atom. The number of hydrogen-bond donors (Lipinski definition) is 1. The molecule has 0 aromatic carbocycles. The molecule has 0 aliphatic carbocycles. The van der Waals surface area contributed by atoms with Crippen LogP contribution in [0.2, 0.25) is 0 Å². The number of carbonyl (C=O) groups is 2. The average Bonchev–Trinajstić information content (AvgIpc) is 2.82. The molecule has 2 atom stereocenters. The molecule has 1 aliphatic rings. The summed E-state index contributed by atoms with van der Waals surface area (Å²) in [4.78, 5) is 24.6. The summed E-state index contributed by atoms with van der Waals surface area (Å²) < 4.78 is 42.1. The third-order valence-electron chi connectivity index (χ3n) is 3.19. The highest BCUT2D eigenvalue weighted by atomic mass is 19.4. The second-order valence-corrected chi connectivity index (χ2v) is 4.57. The molecule has 0 aromatic rings. The number of nitrogens with zero attached hydrogens (tertiary/aromatic N) is 2. The molecule has 0 saturated carbocycles. The number of likely N-dealkylation sites (N-methyl/N-ethyl adjacent to an activating group) is 1. The van der Waals surface area contributed by atoms with Gasteiger partial charge in [0.25, 0.3) is 0 Å². The number of carbonyl (C=O) groups excluding carboxylic acids is 1. The van der Waals surface area contributed by atoms with Crippen molar-refractivity contribution in [3.8, 4) is 0 Å². The molecule has 20 heavy (non-hydrogen) atoms. The van der Waals surface area contributed by atoms with E-state index in [0.717, 1.165) is 4.90 Å². The van der Waals surface area contributed by atoms with Crippen molar-refractivity contribution in [2.24, 2.45) is 5.92 Å².